The van der Waals surface area contributed by atoms with Crippen LogP contribution in [0.2, 0.25) is 0 Å². The molecule has 2 heterocycles. The summed E-state index contributed by atoms with van der Waals surface area (Å²) in [5, 5.41) is 4.64. The molecule has 0 aromatic heterocycles. The van der Waals surface area contributed by atoms with Crippen LogP contribution in [0, 0.1) is 0 Å². The molecule has 0 spiro atoms. The second-order valence-electron chi connectivity index (χ2n) is 3.97. The van der Waals surface area contributed by atoms with Gasteiger partial charge in [-0.1, -0.05) is 6.42 Å². The number of morpholine rings is 1. The van der Waals surface area contributed by atoms with Crippen molar-refractivity contribution in [3.8, 4) is 0 Å². The number of piperidine rings is 1. The maximum absolute atomic E-state index is 5.32. The largest absolute Gasteiger partial charge is 0.379 e. The van der Waals surface area contributed by atoms with Crippen LogP contribution < -0.4 is 5.32 Å². The molecule has 1 radical (unpaired) electrons. The summed E-state index contributed by atoms with van der Waals surface area (Å²) in [6.45, 7) is 6.29. The highest BCUT2D eigenvalue weighted by atomic mass is 16.5. The third-order valence-corrected chi connectivity index (χ3v) is 2.91. The zero-order valence-electron chi connectivity index (χ0n) is 8.24. The Bertz CT molecular complexity index is 124. The summed E-state index contributed by atoms with van der Waals surface area (Å²) in [6, 6.07) is 0.617. The molecule has 0 aromatic carbocycles. The minimum Gasteiger partial charge on any atom is -0.379 e. The Hall–Kier alpha value is -0.120. The predicted molar refractivity (Wildman–Crippen MR) is 51.9 cm³/mol. The molecular weight excluding hydrogens is 164 g/mol. The van der Waals surface area contributed by atoms with Crippen molar-refractivity contribution in [1.82, 2.24) is 10.2 Å². The zero-order valence-corrected chi connectivity index (χ0v) is 8.24. The monoisotopic (exact) mass is 183 g/mol. The zero-order chi connectivity index (χ0) is 8.93. The van der Waals surface area contributed by atoms with Crippen molar-refractivity contribution in [3.63, 3.8) is 0 Å². The Balaban J connectivity index is 1.69. The number of nitrogens with zero attached hydrogens (tertiary/aromatic N) is 2. The Labute approximate surface area is 80.4 Å². The molecule has 0 saturated carbocycles. The van der Waals surface area contributed by atoms with Crippen LogP contribution in [0.1, 0.15) is 19.3 Å². The summed E-state index contributed by atoms with van der Waals surface area (Å²) in [5.74, 6) is 0. The first-order valence-corrected chi connectivity index (χ1v) is 5.42. The van der Waals surface area contributed by atoms with Crippen LogP contribution in [0.3, 0.4) is 0 Å². The van der Waals surface area contributed by atoms with Crippen LogP contribution in [0.4, 0.5) is 0 Å². The first kappa shape index (κ1) is 9.44. The maximum atomic E-state index is 5.32. The molecular formula is C10H19N2O. The smallest absolute Gasteiger partial charge is 0.0594 e. The van der Waals surface area contributed by atoms with Gasteiger partial charge in [0.2, 0.25) is 0 Å². The maximum Gasteiger partial charge on any atom is 0.0594 e. The second kappa shape index (κ2) is 4.94. The quantitative estimate of drug-likeness (QED) is 0.622. The normalized spacial score (nSPS) is 31.8. The fourth-order valence-corrected chi connectivity index (χ4v) is 2.09. The van der Waals surface area contributed by atoms with Crippen LogP contribution in [-0.2, 0) is 4.74 Å². The molecule has 2 aliphatic rings. The van der Waals surface area contributed by atoms with E-state index in [1.165, 1.54) is 25.8 Å². The number of hydrogen-bond acceptors (Lipinski definition) is 2. The second-order valence-corrected chi connectivity index (χ2v) is 3.97. The number of rotatable bonds is 2. The SMILES string of the molecule is C1CCC(CN2CCOCC2)[N]C1. The lowest BCUT2D eigenvalue weighted by Crippen LogP contribution is -2.44. The van der Waals surface area contributed by atoms with Gasteiger partial charge in [-0.2, -0.15) is 0 Å². The van der Waals surface area contributed by atoms with Gasteiger partial charge in [0.25, 0.3) is 0 Å². The number of ether oxygens (including phenoxy) is 1. The highest BCUT2D eigenvalue weighted by molar-refractivity contribution is 4.76. The molecule has 13 heavy (non-hydrogen) atoms. The average Bonchev–Trinajstić information content (AvgIpc) is 2.21. The summed E-state index contributed by atoms with van der Waals surface area (Å²) >= 11 is 0. The molecule has 2 rings (SSSR count). The summed E-state index contributed by atoms with van der Waals surface area (Å²) in [6.07, 6.45) is 3.98. The molecule has 0 N–H and O–H groups in total. The van der Waals surface area contributed by atoms with E-state index >= 15 is 0 Å². The van der Waals surface area contributed by atoms with Gasteiger partial charge in [0.05, 0.1) is 13.2 Å². The van der Waals surface area contributed by atoms with Gasteiger partial charge in [0, 0.05) is 32.2 Å². The summed E-state index contributed by atoms with van der Waals surface area (Å²) < 4.78 is 5.32. The summed E-state index contributed by atoms with van der Waals surface area (Å²) in [4.78, 5) is 2.49. The van der Waals surface area contributed by atoms with Crippen LogP contribution in [-0.4, -0.2) is 50.3 Å². The van der Waals surface area contributed by atoms with Crippen molar-refractivity contribution in [3.05, 3.63) is 0 Å². The third kappa shape index (κ3) is 2.93. The van der Waals surface area contributed by atoms with E-state index in [1.807, 2.05) is 0 Å². The van der Waals surface area contributed by atoms with E-state index < -0.39 is 0 Å². The average molecular weight is 183 g/mol. The van der Waals surface area contributed by atoms with Gasteiger partial charge in [0.15, 0.2) is 0 Å². The Morgan fingerprint density at radius 1 is 1.23 bits per heavy atom. The van der Waals surface area contributed by atoms with Gasteiger partial charge < -0.3 is 4.74 Å². The van der Waals surface area contributed by atoms with Crippen LogP contribution in [0.25, 0.3) is 0 Å². The predicted octanol–water partition coefficient (Wildman–Crippen LogP) is 0.476. The van der Waals surface area contributed by atoms with E-state index in [9.17, 15) is 0 Å². The Morgan fingerprint density at radius 3 is 2.77 bits per heavy atom. The molecule has 0 aromatic rings. The van der Waals surface area contributed by atoms with E-state index in [2.05, 4.69) is 10.2 Å². The molecule has 1 unspecified atom stereocenters. The molecule has 3 heteroatoms. The van der Waals surface area contributed by atoms with Gasteiger partial charge in [-0.15, -0.1) is 0 Å². The van der Waals surface area contributed by atoms with Crippen molar-refractivity contribution >= 4 is 0 Å². The molecule has 2 saturated heterocycles. The van der Waals surface area contributed by atoms with E-state index in [1.54, 1.807) is 0 Å². The molecule has 0 aliphatic carbocycles. The molecule has 2 aliphatic heterocycles. The van der Waals surface area contributed by atoms with Gasteiger partial charge in [-0.25, -0.2) is 5.32 Å². The molecule has 75 valence electrons. The minimum absolute atomic E-state index is 0.617. The fraction of sp³-hybridized carbons (Fsp3) is 1.00. The van der Waals surface area contributed by atoms with E-state index in [-0.39, 0.29) is 0 Å². The first-order valence-electron chi connectivity index (χ1n) is 5.42. The van der Waals surface area contributed by atoms with Crippen molar-refractivity contribution in [1.29, 1.82) is 0 Å². The number of hydrogen-bond donors (Lipinski definition) is 0. The topological polar surface area (TPSA) is 26.6 Å². The highest BCUT2D eigenvalue weighted by Gasteiger charge is 2.18. The standard InChI is InChI=1S/C10H19N2O/c1-2-4-11-10(3-1)9-12-5-7-13-8-6-12/h10H,1-9H2. The van der Waals surface area contributed by atoms with Crippen molar-refractivity contribution < 1.29 is 4.74 Å². The lowest BCUT2D eigenvalue weighted by molar-refractivity contribution is 0.0319. The third-order valence-electron chi connectivity index (χ3n) is 2.91. The van der Waals surface area contributed by atoms with Crippen molar-refractivity contribution in [2.45, 2.75) is 25.3 Å². The molecule has 0 bridgehead atoms. The lowest BCUT2D eigenvalue weighted by Gasteiger charge is -2.31. The van der Waals surface area contributed by atoms with E-state index in [4.69, 9.17) is 4.74 Å². The van der Waals surface area contributed by atoms with E-state index in [0.29, 0.717) is 6.04 Å². The Morgan fingerprint density at radius 2 is 2.08 bits per heavy atom. The van der Waals surface area contributed by atoms with Crippen molar-refractivity contribution in [2.75, 3.05) is 39.4 Å². The molecule has 1 atom stereocenters. The van der Waals surface area contributed by atoms with Gasteiger partial charge >= 0.3 is 0 Å². The minimum atomic E-state index is 0.617. The molecule has 0 amide bonds. The first-order chi connectivity index (χ1) is 6.45. The fourth-order valence-electron chi connectivity index (χ4n) is 2.09. The van der Waals surface area contributed by atoms with Gasteiger partial charge in [0.1, 0.15) is 0 Å². The van der Waals surface area contributed by atoms with E-state index in [0.717, 1.165) is 32.8 Å². The van der Waals surface area contributed by atoms with Crippen LogP contribution >= 0.6 is 0 Å². The van der Waals surface area contributed by atoms with Gasteiger partial charge in [-0.3, -0.25) is 4.90 Å². The van der Waals surface area contributed by atoms with Crippen molar-refractivity contribution in [2.24, 2.45) is 0 Å². The molecule has 2 fully saturated rings. The lowest BCUT2D eigenvalue weighted by atomic mass is 10.0. The van der Waals surface area contributed by atoms with Crippen LogP contribution in [0.5, 0.6) is 0 Å². The van der Waals surface area contributed by atoms with Gasteiger partial charge in [-0.05, 0) is 12.8 Å². The summed E-state index contributed by atoms with van der Waals surface area (Å²) in [7, 11) is 0. The van der Waals surface area contributed by atoms with Crippen LogP contribution in [0.15, 0.2) is 0 Å². The Kier molecular flexibility index (Phi) is 3.58. The molecule has 3 nitrogen and oxygen atoms in total. The summed E-state index contributed by atoms with van der Waals surface area (Å²) in [5.41, 5.74) is 0. The highest BCUT2D eigenvalue weighted by Crippen LogP contribution is 2.10.